The summed E-state index contributed by atoms with van der Waals surface area (Å²) in [6.07, 6.45) is 51.1. The van der Waals surface area contributed by atoms with Crippen molar-refractivity contribution >= 4 is 17.9 Å². The molecule has 0 aliphatic carbocycles. The second-order valence-corrected chi connectivity index (χ2v) is 19.0. The Bertz CT molecular complexity index is 903. The first kappa shape index (κ1) is 58.4. The van der Waals surface area contributed by atoms with E-state index in [0.29, 0.717) is 19.3 Å². The zero-order valence-electron chi connectivity index (χ0n) is 40.9. The fourth-order valence-electron chi connectivity index (χ4n) is 8.22. The molecule has 0 aromatic carbocycles. The maximum absolute atomic E-state index is 12.8. The van der Waals surface area contributed by atoms with Crippen molar-refractivity contribution in [2.75, 3.05) is 13.2 Å². The van der Waals surface area contributed by atoms with E-state index in [1.54, 1.807) is 0 Å². The molecule has 0 heterocycles. The van der Waals surface area contributed by atoms with Crippen LogP contribution in [0.1, 0.15) is 304 Å². The van der Waals surface area contributed by atoms with Crippen LogP contribution in [0.3, 0.4) is 0 Å². The molecule has 1 atom stereocenters. The molecule has 0 radical (unpaired) electrons. The zero-order valence-corrected chi connectivity index (χ0v) is 40.9. The minimum absolute atomic E-state index is 0.0629. The molecule has 0 aromatic heterocycles. The number of hydrogen-bond acceptors (Lipinski definition) is 6. The van der Waals surface area contributed by atoms with Crippen LogP contribution < -0.4 is 0 Å². The van der Waals surface area contributed by atoms with Crippen LogP contribution in [0, 0.1) is 5.92 Å². The van der Waals surface area contributed by atoms with Gasteiger partial charge in [0, 0.05) is 19.3 Å². The van der Waals surface area contributed by atoms with Crippen LogP contribution in [0.4, 0.5) is 0 Å². The van der Waals surface area contributed by atoms with Gasteiger partial charge in [-0.05, 0) is 25.2 Å². The topological polar surface area (TPSA) is 78.9 Å². The first-order valence-corrected chi connectivity index (χ1v) is 26.9. The smallest absolute Gasteiger partial charge is 0.306 e. The maximum Gasteiger partial charge on any atom is 0.306 e. The molecule has 0 aromatic rings. The normalized spacial score (nSPS) is 11.9. The van der Waals surface area contributed by atoms with Gasteiger partial charge in [-0.25, -0.2) is 0 Å². The average molecular weight is 849 g/mol. The predicted molar refractivity (Wildman–Crippen MR) is 257 cm³/mol. The number of carbonyl (C=O) groups excluding carboxylic acids is 3. The quantitative estimate of drug-likeness (QED) is 0.0345. The average Bonchev–Trinajstić information content (AvgIpc) is 3.23. The van der Waals surface area contributed by atoms with Gasteiger partial charge in [-0.2, -0.15) is 0 Å². The van der Waals surface area contributed by atoms with E-state index in [0.717, 1.165) is 63.7 Å². The molecule has 60 heavy (non-hydrogen) atoms. The Kier molecular flexibility index (Phi) is 47.2. The van der Waals surface area contributed by atoms with E-state index in [9.17, 15) is 14.4 Å². The van der Waals surface area contributed by atoms with E-state index in [2.05, 4.69) is 27.7 Å². The summed E-state index contributed by atoms with van der Waals surface area (Å²) in [6.45, 7) is 9.01. The fourth-order valence-corrected chi connectivity index (χ4v) is 8.22. The van der Waals surface area contributed by atoms with Gasteiger partial charge in [-0.1, -0.05) is 265 Å². The molecule has 0 amide bonds. The zero-order chi connectivity index (χ0) is 43.8. The highest BCUT2D eigenvalue weighted by Gasteiger charge is 2.19. The first-order valence-electron chi connectivity index (χ1n) is 26.9. The summed E-state index contributed by atoms with van der Waals surface area (Å²) in [4.78, 5) is 37.8. The third kappa shape index (κ3) is 47.5. The van der Waals surface area contributed by atoms with Gasteiger partial charge in [-0.3, -0.25) is 14.4 Å². The first-order chi connectivity index (χ1) is 29.4. The summed E-state index contributed by atoms with van der Waals surface area (Å²) >= 11 is 0. The molecule has 0 rings (SSSR count). The minimum Gasteiger partial charge on any atom is -0.462 e. The van der Waals surface area contributed by atoms with E-state index in [-0.39, 0.29) is 31.1 Å². The minimum atomic E-state index is -0.759. The van der Waals surface area contributed by atoms with Crippen molar-refractivity contribution in [2.45, 2.75) is 310 Å². The van der Waals surface area contributed by atoms with Crippen LogP contribution in [0.15, 0.2) is 0 Å². The number of esters is 3. The van der Waals surface area contributed by atoms with Gasteiger partial charge in [0.15, 0.2) is 6.10 Å². The lowest BCUT2D eigenvalue weighted by molar-refractivity contribution is -0.167. The Morgan fingerprint density at radius 2 is 0.550 bits per heavy atom. The lowest BCUT2D eigenvalue weighted by Crippen LogP contribution is -2.30. The third-order valence-electron chi connectivity index (χ3n) is 12.3. The summed E-state index contributed by atoms with van der Waals surface area (Å²) in [6, 6.07) is 0. The highest BCUT2D eigenvalue weighted by molar-refractivity contribution is 5.71. The molecule has 6 nitrogen and oxygen atoms in total. The Labute approximate surface area is 374 Å². The van der Waals surface area contributed by atoms with Crippen LogP contribution in [0.2, 0.25) is 0 Å². The summed E-state index contributed by atoms with van der Waals surface area (Å²) in [5.41, 5.74) is 0. The second-order valence-electron chi connectivity index (χ2n) is 19.0. The highest BCUT2D eigenvalue weighted by Crippen LogP contribution is 2.17. The van der Waals surface area contributed by atoms with Crippen LogP contribution in [0.5, 0.6) is 0 Å². The van der Waals surface area contributed by atoms with Crippen molar-refractivity contribution in [3.63, 3.8) is 0 Å². The predicted octanol–water partition coefficient (Wildman–Crippen LogP) is 17.5. The molecular formula is C54H104O6. The fraction of sp³-hybridized carbons (Fsp3) is 0.944. The van der Waals surface area contributed by atoms with E-state index in [4.69, 9.17) is 14.2 Å². The molecule has 6 heteroatoms. The van der Waals surface area contributed by atoms with Gasteiger partial charge >= 0.3 is 17.9 Å². The Morgan fingerprint density at radius 3 is 0.817 bits per heavy atom. The summed E-state index contributed by atoms with van der Waals surface area (Å²) < 4.78 is 16.8. The lowest BCUT2D eigenvalue weighted by Gasteiger charge is -2.18. The molecule has 0 bridgehead atoms. The monoisotopic (exact) mass is 849 g/mol. The van der Waals surface area contributed by atoms with Gasteiger partial charge in [-0.15, -0.1) is 0 Å². The van der Waals surface area contributed by atoms with Crippen LogP contribution >= 0.6 is 0 Å². The summed E-state index contributed by atoms with van der Waals surface area (Å²) in [5.74, 6) is 0.000896. The van der Waals surface area contributed by atoms with Gasteiger partial charge in [0.05, 0.1) is 0 Å². The van der Waals surface area contributed by atoms with Crippen molar-refractivity contribution in [1.82, 2.24) is 0 Å². The third-order valence-corrected chi connectivity index (χ3v) is 12.3. The van der Waals surface area contributed by atoms with Gasteiger partial charge in [0.2, 0.25) is 0 Å². The molecule has 0 saturated heterocycles. The van der Waals surface area contributed by atoms with Gasteiger partial charge < -0.3 is 14.2 Å². The Balaban J connectivity index is 4.17. The van der Waals surface area contributed by atoms with Gasteiger partial charge in [0.25, 0.3) is 0 Å². The SMILES string of the molecule is CCCCCCCCCCCCCCCCCCCC(=O)O[C@H](COC(=O)CCCCCCCCC)COC(=O)CCCCCCCCCCCCCCCCCC(C)C. The largest absolute Gasteiger partial charge is 0.462 e. The van der Waals surface area contributed by atoms with E-state index < -0.39 is 6.10 Å². The van der Waals surface area contributed by atoms with Crippen molar-refractivity contribution < 1.29 is 28.6 Å². The summed E-state index contributed by atoms with van der Waals surface area (Å²) in [5, 5.41) is 0. The molecule has 0 aliphatic rings. The number of ether oxygens (including phenoxy) is 3. The highest BCUT2D eigenvalue weighted by atomic mass is 16.6. The van der Waals surface area contributed by atoms with Crippen molar-refractivity contribution in [2.24, 2.45) is 5.92 Å². The Morgan fingerprint density at radius 1 is 0.317 bits per heavy atom. The maximum atomic E-state index is 12.8. The molecule has 0 aliphatic heterocycles. The second kappa shape index (κ2) is 48.4. The lowest BCUT2D eigenvalue weighted by atomic mass is 10.0. The number of rotatable bonds is 49. The molecule has 0 fully saturated rings. The van der Waals surface area contributed by atoms with E-state index >= 15 is 0 Å². The van der Waals surface area contributed by atoms with E-state index in [1.165, 1.54) is 199 Å². The molecule has 0 unspecified atom stereocenters. The van der Waals surface area contributed by atoms with Crippen LogP contribution in [-0.4, -0.2) is 37.2 Å². The van der Waals surface area contributed by atoms with Crippen molar-refractivity contribution in [3.8, 4) is 0 Å². The van der Waals surface area contributed by atoms with Crippen molar-refractivity contribution in [3.05, 3.63) is 0 Å². The van der Waals surface area contributed by atoms with Gasteiger partial charge in [0.1, 0.15) is 13.2 Å². The molecule has 0 spiro atoms. The standard InChI is InChI=1S/C54H104O6/c1-5-7-9-11-13-14-15-16-17-18-21-25-28-31-35-39-43-47-54(57)60-51(48-58-52(55)45-41-37-32-12-10-8-6-2)49-59-53(56)46-42-38-34-30-27-24-22-19-20-23-26-29-33-36-40-44-50(3)4/h50-51H,5-49H2,1-4H3/t51-/m1/s1. The number of carbonyl (C=O) groups is 3. The Hall–Kier alpha value is -1.59. The van der Waals surface area contributed by atoms with E-state index in [1.807, 2.05) is 0 Å². The van der Waals surface area contributed by atoms with Crippen LogP contribution in [0.25, 0.3) is 0 Å². The summed E-state index contributed by atoms with van der Waals surface area (Å²) in [7, 11) is 0. The molecular weight excluding hydrogens is 745 g/mol. The number of unbranched alkanes of at least 4 members (excludes halogenated alkanes) is 36. The van der Waals surface area contributed by atoms with Crippen LogP contribution in [-0.2, 0) is 28.6 Å². The molecule has 0 saturated carbocycles. The number of hydrogen-bond donors (Lipinski definition) is 0. The van der Waals surface area contributed by atoms with Crippen molar-refractivity contribution in [1.29, 1.82) is 0 Å². The molecule has 0 N–H and O–H groups in total. The molecule has 356 valence electrons.